The van der Waals surface area contributed by atoms with Crippen LogP contribution in [-0.2, 0) is 0 Å². The van der Waals surface area contributed by atoms with E-state index in [0.29, 0.717) is 27.8 Å². The Labute approximate surface area is 163 Å². The second-order valence-corrected chi connectivity index (χ2v) is 7.45. The predicted octanol–water partition coefficient (Wildman–Crippen LogP) is 4.99. The largest absolute Gasteiger partial charge is 0.329 e. The van der Waals surface area contributed by atoms with Crippen LogP contribution in [0.25, 0.3) is 0 Å². The van der Waals surface area contributed by atoms with Gasteiger partial charge in [0.25, 0.3) is 5.91 Å². The second kappa shape index (κ2) is 7.53. The average Bonchev–Trinajstić information content (AvgIpc) is 2.89. The minimum atomic E-state index is -0.407. The summed E-state index contributed by atoms with van der Waals surface area (Å²) in [6.45, 7) is 4.72. The molecule has 26 heavy (non-hydrogen) atoms. The summed E-state index contributed by atoms with van der Waals surface area (Å²) >= 11 is 12.0. The summed E-state index contributed by atoms with van der Waals surface area (Å²) in [7, 11) is 0. The van der Waals surface area contributed by atoms with E-state index in [1.54, 1.807) is 42.6 Å². The van der Waals surface area contributed by atoms with E-state index < -0.39 is 5.54 Å². The summed E-state index contributed by atoms with van der Waals surface area (Å²) in [6, 6.07) is 10.5. The Kier molecular flexibility index (Phi) is 5.36. The van der Waals surface area contributed by atoms with Crippen molar-refractivity contribution in [3.63, 3.8) is 0 Å². The van der Waals surface area contributed by atoms with E-state index in [4.69, 9.17) is 23.2 Å². The van der Waals surface area contributed by atoms with E-state index in [2.05, 4.69) is 16.8 Å². The molecule has 2 heterocycles. The van der Waals surface area contributed by atoms with Gasteiger partial charge in [0.15, 0.2) is 0 Å². The van der Waals surface area contributed by atoms with Crippen LogP contribution in [0.1, 0.15) is 36.3 Å². The van der Waals surface area contributed by atoms with Gasteiger partial charge < -0.3 is 4.90 Å². The zero-order valence-electron chi connectivity index (χ0n) is 14.6. The SMILES string of the molecule is CC1(C)/C(=C/C#Cc2cc(Cl)ccn2)CCN1C(=O)c1cccc(Cl)c1. The molecule has 132 valence electrons. The van der Waals surface area contributed by atoms with Crippen LogP contribution >= 0.6 is 23.2 Å². The summed E-state index contributed by atoms with van der Waals surface area (Å²) in [5.74, 6) is 6.01. The van der Waals surface area contributed by atoms with Crippen LogP contribution in [0.4, 0.5) is 0 Å². The molecule has 2 aromatic rings. The maximum absolute atomic E-state index is 12.9. The maximum Gasteiger partial charge on any atom is 0.254 e. The van der Waals surface area contributed by atoms with Crippen molar-refractivity contribution < 1.29 is 4.79 Å². The lowest BCUT2D eigenvalue weighted by Crippen LogP contribution is -2.43. The Bertz CT molecular complexity index is 938. The number of aromatic nitrogens is 1. The number of nitrogens with zero attached hydrogens (tertiary/aromatic N) is 2. The van der Waals surface area contributed by atoms with Gasteiger partial charge in [0, 0.05) is 28.4 Å². The van der Waals surface area contributed by atoms with E-state index in [9.17, 15) is 4.79 Å². The zero-order chi connectivity index (χ0) is 18.7. The maximum atomic E-state index is 12.9. The highest BCUT2D eigenvalue weighted by atomic mass is 35.5. The number of likely N-dealkylation sites (tertiary alicyclic amines) is 1. The minimum Gasteiger partial charge on any atom is -0.329 e. The summed E-state index contributed by atoms with van der Waals surface area (Å²) in [5, 5.41) is 1.17. The molecule has 0 N–H and O–H groups in total. The Hall–Kier alpha value is -2.28. The fourth-order valence-electron chi connectivity index (χ4n) is 3.04. The van der Waals surface area contributed by atoms with Gasteiger partial charge in [0.2, 0.25) is 0 Å². The van der Waals surface area contributed by atoms with E-state index in [1.165, 1.54) is 0 Å². The molecule has 0 saturated carbocycles. The number of carbonyl (C=O) groups excluding carboxylic acids is 1. The van der Waals surface area contributed by atoms with E-state index in [0.717, 1.165) is 12.0 Å². The minimum absolute atomic E-state index is 0.0228. The highest BCUT2D eigenvalue weighted by molar-refractivity contribution is 6.31. The van der Waals surface area contributed by atoms with Gasteiger partial charge in [-0.1, -0.05) is 35.2 Å². The third kappa shape index (κ3) is 3.93. The van der Waals surface area contributed by atoms with Gasteiger partial charge in [-0.25, -0.2) is 4.98 Å². The van der Waals surface area contributed by atoms with Crippen LogP contribution in [0.3, 0.4) is 0 Å². The molecule has 1 aliphatic heterocycles. The molecule has 1 amide bonds. The topological polar surface area (TPSA) is 33.2 Å². The Morgan fingerprint density at radius 3 is 2.73 bits per heavy atom. The van der Waals surface area contributed by atoms with Crippen molar-refractivity contribution in [3.05, 3.63) is 75.5 Å². The lowest BCUT2D eigenvalue weighted by atomic mass is 9.94. The van der Waals surface area contributed by atoms with Gasteiger partial charge in [0.1, 0.15) is 5.69 Å². The number of hydrogen-bond acceptors (Lipinski definition) is 2. The van der Waals surface area contributed by atoms with Crippen molar-refractivity contribution in [1.29, 1.82) is 0 Å². The molecule has 3 rings (SSSR count). The van der Waals surface area contributed by atoms with Crippen molar-refractivity contribution in [2.45, 2.75) is 25.8 Å². The van der Waals surface area contributed by atoms with E-state index >= 15 is 0 Å². The molecule has 3 nitrogen and oxygen atoms in total. The molecule has 1 aromatic carbocycles. The van der Waals surface area contributed by atoms with Gasteiger partial charge in [0.05, 0.1) is 5.54 Å². The first kappa shape index (κ1) is 18.5. The highest BCUT2D eigenvalue weighted by Gasteiger charge is 2.39. The van der Waals surface area contributed by atoms with E-state index in [-0.39, 0.29) is 5.91 Å². The molecule has 0 bridgehead atoms. The highest BCUT2D eigenvalue weighted by Crippen LogP contribution is 2.35. The number of hydrogen-bond donors (Lipinski definition) is 0. The van der Waals surface area contributed by atoms with Crippen LogP contribution in [0.2, 0.25) is 10.0 Å². The lowest BCUT2D eigenvalue weighted by Gasteiger charge is -2.32. The number of halogens is 2. The summed E-state index contributed by atoms with van der Waals surface area (Å²) in [4.78, 5) is 18.9. The number of amides is 1. The van der Waals surface area contributed by atoms with Gasteiger partial charge in [-0.05, 0) is 68.2 Å². The second-order valence-electron chi connectivity index (χ2n) is 6.57. The Morgan fingerprint density at radius 1 is 1.23 bits per heavy atom. The Morgan fingerprint density at radius 2 is 2.00 bits per heavy atom. The number of rotatable bonds is 1. The zero-order valence-corrected chi connectivity index (χ0v) is 16.1. The van der Waals surface area contributed by atoms with Crippen molar-refractivity contribution >= 4 is 29.1 Å². The molecule has 0 aliphatic carbocycles. The molecule has 0 atom stereocenters. The van der Waals surface area contributed by atoms with Gasteiger partial charge in [-0.15, -0.1) is 0 Å². The number of pyridine rings is 1. The quantitative estimate of drug-likeness (QED) is 0.648. The average molecular weight is 385 g/mol. The summed E-state index contributed by atoms with van der Waals surface area (Å²) in [6.07, 6.45) is 4.30. The molecular weight excluding hydrogens is 367 g/mol. The first-order chi connectivity index (χ1) is 12.4. The molecule has 0 spiro atoms. The molecule has 0 radical (unpaired) electrons. The number of carbonyl (C=O) groups is 1. The molecule has 5 heteroatoms. The van der Waals surface area contributed by atoms with Crippen LogP contribution in [0, 0.1) is 11.8 Å². The molecule has 1 saturated heterocycles. The predicted molar refractivity (Wildman–Crippen MR) is 105 cm³/mol. The van der Waals surface area contributed by atoms with Crippen molar-refractivity contribution in [1.82, 2.24) is 9.88 Å². The fourth-order valence-corrected chi connectivity index (χ4v) is 3.39. The van der Waals surface area contributed by atoms with Crippen molar-refractivity contribution in [2.75, 3.05) is 6.54 Å². The number of benzene rings is 1. The van der Waals surface area contributed by atoms with Crippen LogP contribution in [0.15, 0.2) is 54.2 Å². The fraction of sp³-hybridized carbons (Fsp3) is 0.238. The third-order valence-corrected chi connectivity index (χ3v) is 5.02. The van der Waals surface area contributed by atoms with Crippen LogP contribution < -0.4 is 0 Å². The van der Waals surface area contributed by atoms with Gasteiger partial charge in [-0.3, -0.25) is 4.79 Å². The Balaban J connectivity index is 1.81. The standard InChI is InChI=1S/C21H18Cl2N2O/c1-21(2)16(6-4-8-19-14-18(23)9-11-24-19)10-12-25(21)20(26)15-5-3-7-17(22)13-15/h3,5-7,9,11,13-14H,10,12H2,1-2H3/b16-6+. The van der Waals surface area contributed by atoms with Crippen LogP contribution in [0.5, 0.6) is 0 Å². The first-order valence-electron chi connectivity index (χ1n) is 8.28. The van der Waals surface area contributed by atoms with E-state index in [1.807, 2.05) is 24.8 Å². The van der Waals surface area contributed by atoms with Crippen molar-refractivity contribution in [3.8, 4) is 11.8 Å². The monoisotopic (exact) mass is 384 g/mol. The molecule has 1 fully saturated rings. The molecule has 1 aromatic heterocycles. The summed E-state index contributed by atoms with van der Waals surface area (Å²) < 4.78 is 0. The first-order valence-corrected chi connectivity index (χ1v) is 9.03. The summed E-state index contributed by atoms with van der Waals surface area (Å²) in [5.41, 5.74) is 1.93. The van der Waals surface area contributed by atoms with Gasteiger partial charge >= 0.3 is 0 Å². The van der Waals surface area contributed by atoms with Gasteiger partial charge in [-0.2, -0.15) is 0 Å². The van der Waals surface area contributed by atoms with Crippen LogP contribution in [-0.4, -0.2) is 27.9 Å². The third-order valence-electron chi connectivity index (χ3n) is 4.55. The molecular formula is C21H18Cl2N2O. The van der Waals surface area contributed by atoms with Crippen molar-refractivity contribution in [2.24, 2.45) is 0 Å². The number of allylic oxidation sites excluding steroid dienone is 1. The lowest BCUT2D eigenvalue weighted by molar-refractivity contribution is 0.0678. The molecule has 0 unspecified atom stereocenters. The smallest absolute Gasteiger partial charge is 0.254 e. The molecule has 1 aliphatic rings. The normalized spacial score (nSPS) is 17.1.